The standard InChI is InChI=1S/C23H29N7O3S/c1-28-19-10-7-17(13-20(19)29(2)23(28)32)21(31)15-33-18-8-5-16(6-9-18)14-24-11-4-12-34-22-25-26-27-30(22)3/h5-10,13,21,24,31H,4,11-12,14-15H2,1-3H3. The average molecular weight is 484 g/mol. The minimum absolute atomic E-state index is 0.0918. The minimum Gasteiger partial charge on any atom is -0.491 e. The van der Waals surface area contributed by atoms with Gasteiger partial charge in [-0.2, -0.15) is 0 Å². The Morgan fingerprint density at radius 2 is 1.85 bits per heavy atom. The smallest absolute Gasteiger partial charge is 0.328 e. The van der Waals surface area contributed by atoms with E-state index in [1.165, 1.54) is 0 Å². The molecule has 0 saturated carbocycles. The molecule has 4 rings (SSSR count). The van der Waals surface area contributed by atoms with Crippen LogP contribution in [0.2, 0.25) is 0 Å². The zero-order valence-corrected chi connectivity index (χ0v) is 20.3. The highest BCUT2D eigenvalue weighted by Gasteiger charge is 2.13. The Labute approximate surface area is 201 Å². The Hall–Kier alpha value is -3.15. The molecule has 0 saturated heterocycles. The SMILES string of the molecule is Cn1nnnc1SCCCNCc1ccc(OCC(O)c2ccc3c(c2)n(C)c(=O)n3C)cc1. The van der Waals surface area contributed by atoms with E-state index in [0.29, 0.717) is 11.3 Å². The van der Waals surface area contributed by atoms with Crippen LogP contribution in [0.15, 0.2) is 52.4 Å². The monoisotopic (exact) mass is 483 g/mol. The number of aromatic nitrogens is 6. The minimum atomic E-state index is -0.795. The molecule has 10 nitrogen and oxygen atoms in total. The number of fused-ring (bicyclic) bond motifs is 1. The van der Waals surface area contributed by atoms with Crippen LogP contribution in [0.4, 0.5) is 0 Å². The van der Waals surface area contributed by atoms with E-state index >= 15 is 0 Å². The maximum Gasteiger partial charge on any atom is 0.328 e. The van der Waals surface area contributed by atoms with Crippen LogP contribution in [0.3, 0.4) is 0 Å². The third-order valence-electron chi connectivity index (χ3n) is 5.65. The van der Waals surface area contributed by atoms with Crippen molar-refractivity contribution < 1.29 is 9.84 Å². The Kier molecular flexibility index (Phi) is 7.66. The highest BCUT2D eigenvalue weighted by atomic mass is 32.2. The number of aliphatic hydroxyl groups is 1. The molecule has 1 unspecified atom stereocenters. The molecular weight excluding hydrogens is 454 g/mol. The third-order valence-corrected chi connectivity index (χ3v) is 6.75. The van der Waals surface area contributed by atoms with Gasteiger partial charge in [0, 0.05) is 33.4 Å². The lowest BCUT2D eigenvalue weighted by Gasteiger charge is -2.13. The lowest BCUT2D eigenvalue weighted by Crippen LogP contribution is -2.19. The van der Waals surface area contributed by atoms with Gasteiger partial charge in [0.05, 0.1) is 11.0 Å². The number of benzene rings is 2. The molecule has 2 N–H and O–H groups in total. The molecule has 0 spiro atoms. The van der Waals surface area contributed by atoms with Gasteiger partial charge in [0.1, 0.15) is 18.5 Å². The largest absolute Gasteiger partial charge is 0.491 e. The fraction of sp³-hybridized carbons (Fsp3) is 0.391. The maximum absolute atomic E-state index is 12.1. The first-order valence-corrected chi connectivity index (χ1v) is 12.0. The Bertz CT molecular complexity index is 1300. The van der Waals surface area contributed by atoms with Gasteiger partial charge in [-0.1, -0.05) is 30.0 Å². The predicted molar refractivity (Wildman–Crippen MR) is 131 cm³/mol. The van der Waals surface area contributed by atoms with Gasteiger partial charge in [0.15, 0.2) is 0 Å². The topological polar surface area (TPSA) is 112 Å². The van der Waals surface area contributed by atoms with Crippen molar-refractivity contribution in [2.75, 3.05) is 18.9 Å². The number of nitrogens with zero attached hydrogens (tertiary/aromatic N) is 6. The number of hydrogen-bond donors (Lipinski definition) is 2. The third kappa shape index (κ3) is 5.49. The molecule has 180 valence electrons. The number of aryl methyl sites for hydroxylation is 3. The number of hydrogen-bond acceptors (Lipinski definition) is 8. The lowest BCUT2D eigenvalue weighted by molar-refractivity contribution is 0.108. The van der Waals surface area contributed by atoms with Gasteiger partial charge >= 0.3 is 5.69 Å². The van der Waals surface area contributed by atoms with Crippen molar-refractivity contribution >= 4 is 22.8 Å². The van der Waals surface area contributed by atoms with Crippen LogP contribution in [-0.4, -0.2) is 53.4 Å². The zero-order valence-electron chi connectivity index (χ0n) is 19.5. The van der Waals surface area contributed by atoms with E-state index in [2.05, 4.69) is 20.8 Å². The predicted octanol–water partition coefficient (Wildman–Crippen LogP) is 1.78. The number of rotatable bonds is 11. The number of nitrogens with one attached hydrogen (secondary N) is 1. The highest BCUT2D eigenvalue weighted by Crippen LogP contribution is 2.21. The molecule has 0 bridgehead atoms. The van der Waals surface area contributed by atoms with Crippen LogP contribution >= 0.6 is 11.8 Å². The molecule has 0 fully saturated rings. The first-order chi connectivity index (χ1) is 16.4. The Morgan fingerprint density at radius 3 is 2.59 bits per heavy atom. The summed E-state index contributed by atoms with van der Waals surface area (Å²) in [5.41, 5.74) is 3.39. The fourth-order valence-electron chi connectivity index (χ4n) is 3.64. The first kappa shape index (κ1) is 24.0. The molecule has 1 atom stereocenters. The molecular formula is C23H29N7O3S. The Balaban J connectivity index is 1.20. The maximum atomic E-state index is 12.1. The summed E-state index contributed by atoms with van der Waals surface area (Å²) in [4.78, 5) is 12.1. The molecule has 0 aliphatic carbocycles. The average Bonchev–Trinajstić information content (AvgIpc) is 3.36. The van der Waals surface area contributed by atoms with Crippen LogP contribution in [0.1, 0.15) is 23.7 Å². The zero-order chi connectivity index (χ0) is 24.1. The van der Waals surface area contributed by atoms with Crippen molar-refractivity contribution in [2.45, 2.75) is 24.2 Å². The molecule has 0 radical (unpaired) electrons. The van der Waals surface area contributed by atoms with Crippen LogP contribution in [0.5, 0.6) is 5.75 Å². The van der Waals surface area contributed by atoms with Gasteiger partial charge in [-0.05, 0) is 58.8 Å². The van der Waals surface area contributed by atoms with Crippen molar-refractivity contribution in [3.05, 3.63) is 64.1 Å². The summed E-state index contributed by atoms with van der Waals surface area (Å²) < 4.78 is 10.6. The Morgan fingerprint density at radius 1 is 1.09 bits per heavy atom. The molecule has 0 aliphatic heterocycles. The molecule has 2 aromatic heterocycles. The van der Waals surface area contributed by atoms with Crippen LogP contribution in [0, 0.1) is 0 Å². The molecule has 34 heavy (non-hydrogen) atoms. The summed E-state index contributed by atoms with van der Waals surface area (Å²) in [6.45, 7) is 1.80. The van der Waals surface area contributed by atoms with Crippen molar-refractivity contribution in [3.8, 4) is 5.75 Å². The van der Waals surface area contributed by atoms with Crippen molar-refractivity contribution in [2.24, 2.45) is 21.1 Å². The van der Waals surface area contributed by atoms with Gasteiger partial charge < -0.3 is 15.2 Å². The van der Waals surface area contributed by atoms with Gasteiger partial charge in [0.25, 0.3) is 0 Å². The molecule has 2 heterocycles. The summed E-state index contributed by atoms with van der Waals surface area (Å²) in [6.07, 6.45) is 0.218. The highest BCUT2D eigenvalue weighted by molar-refractivity contribution is 7.99. The quantitative estimate of drug-likeness (QED) is 0.245. The second kappa shape index (κ2) is 10.9. The van der Waals surface area contributed by atoms with E-state index < -0.39 is 6.10 Å². The molecule has 11 heteroatoms. The number of imidazole rings is 1. The van der Waals surface area contributed by atoms with Crippen molar-refractivity contribution in [1.82, 2.24) is 34.7 Å². The summed E-state index contributed by atoms with van der Waals surface area (Å²) in [6, 6.07) is 13.4. The lowest BCUT2D eigenvalue weighted by atomic mass is 10.1. The molecule has 4 aromatic rings. The van der Waals surface area contributed by atoms with Gasteiger partial charge in [-0.3, -0.25) is 9.13 Å². The summed E-state index contributed by atoms with van der Waals surface area (Å²) in [5, 5.41) is 26.2. The van der Waals surface area contributed by atoms with Crippen LogP contribution in [-0.2, 0) is 27.7 Å². The van der Waals surface area contributed by atoms with Gasteiger partial charge in [-0.25, -0.2) is 9.48 Å². The van der Waals surface area contributed by atoms with Crippen LogP contribution < -0.4 is 15.7 Å². The van der Waals surface area contributed by atoms with E-state index in [-0.39, 0.29) is 12.3 Å². The summed E-state index contributed by atoms with van der Waals surface area (Å²) in [7, 11) is 5.30. The molecule has 2 aromatic carbocycles. The van der Waals surface area contributed by atoms with Crippen molar-refractivity contribution in [1.29, 1.82) is 0 Å². The second-order valence-electron chi connectivity index (χ2n) is 8.08. The van der Waals surface area contributed by atoms with E-state index in [1.54, 1.807) is 39.7 Å². The normalized spacial score (nSPS) is 12.4. The molecule has 0 aliphatic rings. The van der Waals surface area contributed by atoms with E-state index in [1.807, 2.05) is 49.5 Å². The summed E-state index contributed by atoms with van der Waals surface area (Å²) in [5.74, 6) is 1.65. The van der Waals surface area contributed by atoms with Crippen molar-refractivity contribution in [3.63, 3.8) is 0 Å². The fourth-order valence-corrected chi connectivity index (χ4v) is 4.43. The first-order valence-electron chi connectivity index (χ1n) is 11.0. The van der Waals surface area contributed by atoms with E-state index in [9.17, 15) is 9.90 Å². The number of thioether (sulfide) groups is 1. The van der Waals surface area contributed by atoms with Gasteiger partial charge in [0.2, 0.25) is 5.16 Å². The second-order valence-corrected chi connectivity index (χ2v) is 9.15. The van der Waals surface area contributed by atoms with E-state index in [4.69, 9.17) is 4.74 Å². The molecule has 0 amide bonds. The van der Waals surface area contributed by atoms with Gasteiger partial charge in [-0.15, -0.1) is 5.10 Å². The number of tetrazole rings is 1. The van der Waals surface area contributed by atoms with E-state index in [0.717, 1.165) is 47.0 Å². The van der Waals surface area contributed by atoms with Crippen LogP contribution in [0.25, 0.3) is 11.0 Å². The number of aliphatic hydroxyl groups excluding tert-OH is 1. The summed E-state index contributed by atoms with van der Waals surface area (Å²) >= 11 is 1.64. The number of ether oxygens (including phenoxy) is 1.